The summed E-state index contributed by atoms with van der Waals surface area (Å²) in [6.45, 7) is 0. The Hall–Kier alpha value is 0.670. The third-order valence-electron chi connectivity index (χ3n) is 0.681. The Morgan fingerprint density at radius 3 is 1.20 bits per heavy atom. The maximum absolute atomic E-state index is 4.72. The molecule has 0 radical (unpaired) electrons. The van der Waals surface area contributed by atoms with E-state index in [9.17, 15) is 0 Å². The van der Waals surface area contributed by atoms with E-state index in [0.717, 1.165) is 0 Å². The summed E-state index contributed by atoms with van der Waals surface area (Å²) in [5.41, 5.74) is 0. The minimum atomic E-state index is 0. The first-order valence-corrected chi connectivity index (χ1v) is 3.34. The molecule has 50 valence electrons. The van der Waals surface area contributed by atoms with E-state index in [1.165, 1.54) is 0 Å². The number of nitrogens with one attached hydrogen (secondary N) is 3. The fraction of sp³-hybridized carbons (Fsp3) is 0. The van der Waals surface area contributed by atoms with E-state index < -0.39 is 0 Å². The quantitative estimate of drug-likeness (QED) is 0.372. The van der Waals surface area contributed by atoms with Crippen molar-refractivity contribution in [2.24, 2.45) is 0 Å². The first-order valence-electron chi connectivity index (χ1n) is 2.11. The van der Waals surface area contributed by atoms with Gasteiger partial charge in [-0.1, -0.05) is 0 Å². The van der Waals surface area contributed by atoms with Crippen molar-refractivity contribution in [1.82, 2.24) is 15.0 Å². The summed E-state index contributed by atoms with van der Waals surface area (Å²) in [6.07, 6.45) is 0. The molecule has 0 spiro atoms. The van der Waals surface area contributed by atoms with Gasteiger partial charge in [0, 0.05) is 0 Å². The Kier molecular flexibility index (Phi) is 4.83. The number of rotatable bonds is 0. The predicted molar refractivity (Wildman–Crippen MR) is 43.1 cm³/mol. The van der Waals surface area contributed by atoms with Crippen LogP contribution in [0.2, 0.25) is 0 Å². The summed E-state index contributed by atoms with van der Waals surface area (Å²) in [5.74, 6) is 0. The summed E-state index contributed by atoms with van der Waals surface area (Å²) in [4.78, 5) is 7.99. The van der Waals surface area contributed by atoms with Crippen molar-refractivity contribution in [3.05, 3.63) is 14.3 Å². The SMILES string of the molecule is S=c1[nH]c(=S)[nH]c(=S)[nH]1.[H-].[Na+]. The molecule has 0 fully saturated rings. The van der Waals surface area contributed by atoms with Gasteiger partial charge in [0.2, 0.25) is 0 Å². The molecule has 0 saturated heterocycles. The van der Waals surface area contributed by atoms with Crippen LogP contribution in [0.5, 0.6) is 0 Å². The predicted octanol–water partition coefficient (Wildman–Crippen LogP) is -1.02. The molecule has 3 N–H and O–H groups in total. The van der Waals surface area contributed by atoms with Crippen molar-refractivity contribution in [2.75, 3.05) is 0 Å². The zero-order chi connectivity index (χ0) is 6.85. The minimum absolute atomic E-state index is 0. The second kappa shape index (κ2) is 4.53. The first kappa shape index (κ1) is 10.7. The molecule has 0 atom stereocenters. The van der Waals surface area contributed by atoms with Crippen LogP contribution < -0.4 is 29.6 Å². The standard InChI is InChI=1S/C3H3N3S3.Na.H/c7-1-4-2(8)6-3(9)5-1;;/h(H3,4,5,6,7,8,9);;/q;+1;-1. The van der Waals surface area contributed by atoms with E-state index in [0.29, 0.717) is 14.3 Å². The molecule has 1 aromatic rings. The van der Waals surface area contributed by atoms with Gasteiger partial charge >= 0.3 is 29.6 Å². The fourth-order valence-electron chi connectivity index (χ4n) is 0.403. The van der Waals surface area contributed by atoms with E-state index in [1.54, 1.807) is 0 Å². The average Bonchev–Trinajstić information content (AvgIpc) is 1.59. The van der Waals surface area contributed by atoms with Crippen LogP contribution in [0, 0.1) is 14.3 Å². The van der Waals surface area contributed by atoms with Gasteiger partial charge in [0.25, 0.3) is 0 Å². The number of H-pyrrole nitrogens is 3. The molecular weight excluding hydrogens is 197 g/mol. The molecule has 1 heterocycles. The number of aromatic amines is 3. The largest absolute Gasteiger partial charge is 1.00 e. The van der Waals surface area contributed by atoms with Crippen LogP contribution in [0.3, 0.4) is 0 Å². The Morgan fingerprint density at radius 1 is 0.800 bits per heavy atom. The molecule has 0 unspecified atom stereocenters. The third kappa shape index (κ3) is 3.18. The molecule has 0 aliphatic rings. The van der Waals surface area contributed by atoms with Crippen molar-refractivity contribution in [2.45, 2.75) is 0 Å². The summed E-state index contributed by atoms with van der Waals surface area (Å²) >= 11 is 14.2. The van der Waals surface area contributed by atoms with E-state index in [2.05, 4.69) is 15.0 Å². The monoisotopic (exact) mass is 201 g/mol. The number of hydrogen-bond donors (Lipinski definition) is 3. The zero-order valence-electron chi connectivity index (χ0n) is 6.22. The number of hydrogen-bond acceptors (Lipinski definition) is 3. The normalized spacial score (nSPS) is 8.40. The van der Waals surface area contributed by atoms with Crippen LogP contribution in [-0.2, 0) is 0 Å². The molecule has 3 nitrogen and oxygen atoms in total. The molecule has 1 rings (SSSR count). The third-order valence-corrected chi connectivity index (χ3v) is 1.29. The van der Waals surface area contributed by atoms with Gasteiger partial charge < -0.3 is 16.4 Å². The van der Waals surface area contributed by atoms with Crippen LogP contribution in [0.1, 0.15) is 1.43 Å². The zero-order valence-corrected chi connectivity index (χ0v) is 9.67. The minimum Gasteiger partial charge on any atom is -1.00 e. The molecule has 0 aromatic carbocycles. The van der Waals surface area contributed by atoms with E-state index >= 15 is 0 Å². The van der Waals surface area contributed by atoms with Gasteiger partial charge in [-0.05, 0) is 36.7 Å². The molecule has 0 amide bonds. The van der Waals surface area contributed by atoms with Crippen LogP contribution in [0.15, 0.2) is 0 Å². The van der Waals surface area contributed by atoms with Gasteiger partial charge in [-0.2, -0.15) is 0 Å². The van der Waals surface area contributed by atoms with Gasteiger partial charge in [0.05, 0.1) is 0 Å². The average molecular weight is 201 g/mol. The van der Waals surface area contributed by atoms with Crippen LogP contribution >= 0.6 is 36.7 Å². The Labute approximate surface area is 96.1 Å². The maximum atomic E-state index is 4.72. The van der Waals surface area contributed by atoms with Gasteiger partial charge in [-0.3, -0.25) is 0 Å². The van der Waals surface area contributed by atoms with Gasteiger partial charge in [-0.15, -0.1) is 0 Å². The van der Waals surface area contributed by atoms with Crippen LogP contribution in [0.25, 0.3) is 0 Å². The van der Waals surface area contributed by atoms with Gasteiger partial charge in [-0.25, -0.2) is 0 Å². The van der Waals surface area contributed by atoms with E-state index in [4.69, 9.17) is 36.7 Å². The van der Waals surface area contributed by atoms with Crippen molar-refractivity contribution in [3.8, 4) is 0 Å². The van der Waals surface area contributed by atoms with Gasteiger partial charge in [0.1, 0.15) is 0 Å². The Bertz CT molecular complexity index is 286. The van der Waals surface area contributed by atoms with Crippen molar-refractivity contribution in [1.29, 1.82) is 0 Å². The van der Waals surface area contributed by atoms with Crippen molar-refractivity contribution >= 4 is 36.7 Å². The summed E-state index contributed by atoms with van der Waals surface area (Å²) in [5, 5.41) is 0. The molecule has 7 heteroatoms. The summed E-state index contributed by atoms with van der Waals surface area (Å²) in [6, 6.07) is 0. The maximum Gasteiger partial charge on any atom is 1.00 e. The molecule has 0 aliphatic carbocycles. The van der Waals surface area contributed by atoms with Crippen LogP contribution in [0.4, 0.5) is 0 Å². The van der Waals surface area contributed by atoms with E-state index in [1.807, 2.05) is 0 Å². The van der Waals surface area contributed by atoms with Crippen molar-refractivity contribution in [3.63, 3.8) is 0 Å². The molecule has 0 aliphatic heterocycles. The topological polar surface area (TPSA) is 47.4 Å². The molecule has 0 saturated carbocycles. The second-order valence-corrected chi connectivity index (χ2v) is 2.59. The molecule has 0 bridgehead atoms. The van der Waals surface area contributed by atoms with Crippen LogP contribution in [-0.4, -0.2) is 15.0 Å². The molecule has 1 aromatic heterocycles. The molecular formula is C3H4N3NaS3. The number of aromatic nitrogens is 3. The first-order chi connectivity index (χ1) is 4.18. The second-order valence-electron chi connectivity index (χ2n) is 1.36. The smallest absolute Gasteiger partial charge is 1.00 e. The van der Waals surface area contributed by atoms with Crippen molar-refractivity contribution < 1.29 is 31.0 Å². The Balaban J connectivity index is 0. The van der Waals surface area contributed by atoms with E-state index in [-0.39, 0.29) is 31.0 Å². The molecule has 10 heavy (non-hydrogen) atoms. The summed E-state index contributed by atoms with van der Waals surface area (Å²) in [7, 11) is 0. The fourth-order valence-corrected chi connectivity index (χ4v) is 1.21. The Morgan fingerprint density at radius 2 is 1.00 bits per heavy atom. The van der Waals surface area contributed by atoms with Gasteiger partial charge in [0.15, 0.2) is 14.3 Å². The summed E-state index contributed by atoms with van der Waals surface area (Å²) < 4.78 is 1.34.